The zero-order valence-electron chi connectivity index (χ0n) is 18.2. The molecule has 6 aromatic carbocycles. The summed E-state index contributed by atoms with van der Waals surface area (Å²) < 4.78 is 0. The van der Waals surface area contributed by atoms with Gasteiger partial charge in [0.1, 0.15) is 0 Å². The highest BCUT2D eigenvalue weighted by molar-refractivity contribution is 5.98. The third-order valence-electron chi connectivity index (χ3n) is 5.82. The number of hydrogen-bond acceptors (Lipinski definition) is 0. The quantitative estimate of drug-likeness (QED) is 0.231. The van der Waals surface area contributed by atoms with Crippen molar-refractivity contribution >= 4 is 53.9 Å². The van der Waals surface area contributed by atoms with Crippen LogP contribution in [0.3, 0.4) is 0 Å². The van der Waals surface area contributed by atoms with Crippen LogP contribution in [-0.4, -0.2) is 0 Å². The van der Waals surface area contributed by atoms with Crippen LogP contribution >= 0.6 is 0 Å². The van der Waals surface area contributed by atoms with Crippen LogP contribution in [0.1, 0.15) is 0 Å². The predicted molar refractivity (Wildman–Crippen MR) is 140 cm³/mol. The van der Waals surface area contributed by atoms with Crippen molar-refractivity contribution in [3.8, 4) is 0 Å². The second-order valence-electron chi connectivity index (χ2n) is 8.04. The van der Waals surface area contributed by atoms with Crippen LogP contribution in [0.4, 0.5) is 0 Å². The maximum atomic E-state index is 3.34. The molecular weight excluding hydrogens is 408 g/mol. The van der Waals surface area contributed by atoms with Gasteiger partial charge in [-0.05, 0) is 70.1 Å². The van der Waals surface area contributed by atoms with Crippen molar-refractivity contribution in [3.05, 3.63) is 146 Å². The highest BCUT2D eigenvalue weighted by atomic mass is 14.0. The Balaban J connectivity index is 1.73. The molecule has 152 valence electrons. The summed E-state index contributed by atoms with van der Waals surface area (Å²) in [6.07, 6.45) is 0. The Bertz CT molecular complexity index is 1670. The molecule has 0 aliphatic carbocycles. The minimum Gasteiger partial charge on any atom is -0.0616 e. The molecule has 0 amide bonds. The molecule has 0 aromatic heterocycles. The molecule has 0 radical (unpaired) electrons. The monoisotopic (exact) mass is 424 g/mol. The van der Waals surface area contributed by atoms with Gasteiger partial charge >= 0.3 is 0 Å². The van der Waals surface area contributed by atoms with Crippen LogP contribution < -0.4 is 0 Å². The summed E-state index contributed by atoms with van der Waals surface area (Å²) in [4.78, 5) is 0. The average Bonchev–Trinajstić information content (AvgIpc) is 2.88. The van der Waals surface area contributed by atoms with Crippen molar-refractivity contribution in [2.24, 2.45) is 0 Å². The van der Waals surface area contributed by atoms with Gasteiger partial charge in [0.15, 0.2) is 0 Å². The lowest BCUT2D eigenvalue weighted by Gasteiger charge is -1.97. The maximum absolute atomic E-state index is 3.34. The number of fused-ring (bicyclic) bond motifs is 5. The number of rotatable bonds is 0. The first kappa shape index (κ1) is 19.5. The Morgan fingerprint density at radius 2 is 0.588 bits per heavy atom. The molecule has 0 heterocycles. The van der Waals surface area contributed by atoms with Crippen molar-refractivity contribution < 1.29 is 0 Å². The van der Waals surface area contributed by atoms with Gasteiger partial charge in [-0.3, -0.25) is 0 Å². The molecular formula is C34H16. The van der Waals surface area contributed by atoms with E-state index in [0.717, 1.165) is 53.9 Å². The molecule has 0 aliphatic heterocycles. The smallest absolute Gasteiger partial charge is 0.0418 e. The van der Waals surface area contributed by atoms with Crippen LogP contribution in [0.5, 0.6) is 0 Å². The Morgan fingerprint density at radius 1 is 0.294 bits per heavy atom. The molecule has 0 spiro atoms. The minimum atomic E-state index is 0.875. The fraction of sp³-hybridized carbons (Fsp3) is 0. The second kappa shape index (κ2) is 8.42. The molecule has 0 nitrogen and oxygen atoms in total. The molecule has 0 saturated heterocycles. The first-order valence-electron chi connectivity index (χ1n) is 11.0. The highest BCUT2D eigenvalue weighted by Crippen LogP contribution is 2.21. The zero-order valence-corrected chi connectivity index (χ0v) is 18.2. The summed E-state index contributed by atoms with van der Waals surface area (Å²) >= 11 is 0. The molecule has 0 heteroatoms. The molecule has 0 N–H and O–H groups in total. The summed E-state index contributed by atoms with van der Waals surface area (Å²) in [5.74, 6) is 0. The molecule has 34 heavy (non-hydrogen) atoms. The van der Waals surface area contributed by atoms with Gasteiger partial charge in [0.05, 0.1) is 0 Å². The van der Waals surface area contributed by atoms with E-state index in [1.807, 2.05) is 48.5 Å². The minimum absolute atomic E-state index is 0.875. The first-order valence-corrected chi connectivity index (χ1v) is 11.0. The predicted octanol–water partition coefficient (Wildman–Crippen LogP) is 8.10. The second-order valence-corrected chi connectivity index (χ2v) is 8.04. The van der Waals surface area contributed by atoms with E-state index < -0.39 is 0 Å². The zero-order chi connectivity index (χ0) is 22.7. The van der Waals surface area contributed by atoms with Crippen molar-refractivity contribution in [2.75, 3.05) is 0 Å². The van der Waals surface area contributed by atoms with Crippen molar-refractivity contribution in [3.63, 3.8) is 0 Å². The Labute approximate surface area is 199 Å². The van der Waals surface area contributed by atoms with Gasteiger partial charge in [0.2, 0.25) is 0 Å². The van der Waals surface area contributed by atoms with Gasteiger partial charge in [-0.25, -0.2) is 0 Å². The van der Waals surface area contributed by atoms with Crippen LogP contribution in [0.25, 0.3) is 53.9 Å². The van der Waals surface area contributed by atoms with E-state index in [1.54, 1.807) is 0 Å². The third kappa shape index (κ3) is 3.79. The summed E-state index contributed by atoms with van der Waals surface area (Å²) in [6, 6.07) is 58.8. The van der Waals surface area contributed by atoms with Gasteiger partial charge in [-0.1, -0.05) is 97.1 Å². The molecule has 0 unspecified atom stereocenters. The first-order chi connectivity index (χ1) is 16.8. The van der Waals surface area contributed by atoms with E-state index in [0.29, 0.717) is 0 Å². The molecule has 6 aromatic rings. The third-order valence-corrected chi connectivity index (χ3v) is 5.82. The summed E-state index contributed by atoms with van der Waals surface area (Å²) in [7, 11) is 0. The Hall–Kier alpha value is -5.14. The average molecular weight is 425 g/mol. The van der Waals surface area contributed by atoms with E-state index in [4.69, 9.17) is 0 Å². The lowest BCUT2D eigenvalue weighted by Crippen LogP contribution is -1.73. The molecule has 6 rings (SSSR count). The summed E-state index contributed by atoms with van der Waals surface area (Å²) in [5.41, 5.74) is 0. The van der Waals surface area contributed by atoms with Gasteiger partial charge in [0.25, 0.3) is 0 Å². The molecule has 0 atom stereocenters. The Morgan fingerprint density at radius 3 is 0.971 bits per heavy atom. The summed E-state index contributed by atoms with van der Waals surface area (Å²) in [6.45, 7) is 0. The van der Waals surface area contributed by atoms with Gasteiger partial charge in [0, 0.05) is 32.3 Å². The van der Waals surface area contributed by atoms with Crippen molar-refractivity contribution in [1.82, 2.24) is 0 Å². The SMILES string of the molecule is c1c#cc2cc3ccccc3cc2c#cc2ccccc2c#cc2cc3ccccc3cc2c#1. The lowest BCUT2D eigenvalue weighted by atomic mass is 10.1. The van der Waals surface area contributed by atoms with Crippen LogP contribution in [0.15, 0.2) is 97.1 Å². The molecule has 0 saturated carbocycles. The largest absolute Gasteiger partial charge is 0.0616 e. The van der Waals surface area contributed by atoms with E-state index in [-0.39, 0.29) is 0 Å². The molecule has 0 aliphatic rings. The van der Waals surface area contributed by atoms with Crippen LogP contribution in [0.2, 0.25) is 0 Å². The van der Waals surface area contributed by atoms with Gasteiger partial charge in [-0.2, -0.15) is 0 Å². The highest BCUT2D eigenvalue weighted by Gasteiger charge is 1.96. The normalized spacial score (nSPS) is 10.0. The maximum Gasteiger partial charge on any atom is 0.0418 e. The number of hydrogen-bond donors (Lipinski definition) is 0. The van der Waals surface area contributed by atoms with Crippen LogP contribution in [0, 0.1) is 48.5 Å². The van der Waals surface area contributed by atoms with E-state index in [9.17, 15) is 0 Å². The van der Waals surface area contributed by atoms with E-state index in [1.165, 1.54) is 0 Å². The van der Waals surface area contributed by atoms with E-state index in [2.05, 4.69) is 97.1 Å². The van der Waals surface area contributed by atoms with Gasteiger partial charge in [-0.15, -0.1) is 0 Å². The fourth-order valence-corrected chi connectivity index (χ4v) is 4.06. The number of benzene rings is 5. The standard InChI is InChI=1S/C34H16/c1-2-10-26-18-20-34-24-30-14-6-4-12-28(30)22-32(34)16-8-7-15-31-21-27-11-3-5-13-29(27)23-33(31)19-17-25(26)9-1/h1-6,9-14,21-24H. The fourth-order valence-electron chi connectivity index (χ4n) is 4.06. The van der Waals surface area contributed by atoms with Crippen molar-refractivity contribution in [2.45, 2.75) is 0 Å². The van der Waals surface area contributed by atoms with Crippen LogP contribution in [-0.2, 0) is 0 Å². The van der Waals surface area contributed by atoms with E-state index >= 15 is 0 Å². The molecule has 0 fully saturated rings. The van der Waals surface area contributed by atoms with Gasteiger partial charge < -0.3 is 0 Å². The van der Waals surface area contributed by atoms with Crippen molar-refractivity contribution in [1.29, 1.82) is 0 Å². The topological polar surface area (TPSA) is 0 Å². The Kier molecular flexibility index (Phi) is 4.84. The lowest BCUT2D eigenvalue weighted by molar-refractivity contribution is 1.79. The summed E-state index contributed by atoms with van der Waals surface area (Å²) in [5, 5.41) is 9.86. The molecule has 0 bridgehead atoms.